The van der Waals surface area contributed by atoms with Crippen LogP contribution in [-0.2, 0) is 0 Å². The van der Waals surface area contributed by atoms with Crippen LogP contribution in [0.4, 0.5) is 0 Å². The minimum Gasteiger partial charge on any atom is -0.396 e. The van der Waals surface area contributed by atoms with Gasteiger partial charge in [0.05, 0.1) is 0 Å². The van der Waals surface area contributed by atoms with Crippen LogP contribution in [0, 0.1) is 0 Å². The Labute approximate surface area is 105 Å². The summed E-state index contributed by atoms with van der Waals surface area (Å²) in [5.74, 6) is 0. The fourth-order valence-corrected chi connectivity index (χ4v) is 1.89. The van der Waals surface area contributed by atoms with Crippen LogP contribution in [0.1, 0.15) is 31.9 Å². The van der Waals surface area contributed by atoms with Gasteiger partial charge in [0, 0.05) is 19.2 Å². The summed E-state index contributed by atoms with van der Waals surface area (Å²) < 4.78 is 0. The molecule has 0 aliphatic carbocycles. The first-order valence-electron chi connectivity index (χ1n) is 6.14. The molecule has 0 saturated heterocycles. The Kier molecular flexibility index (Phi) is 5.95. The van der Waals surface area contributed by atoms with Crippen molar-refractivity contribution < 1.29 is 5.11 Å². The first-order chi connectivity index (χ1) is 8.15. The zero-order valence-electron chi connectivity index (χ0n) is 11.1. The molecule has 0 spiro atoms. The number of hydrogen-bond acceptors (Lipinski definition) is 2. The van der Waals surface area contributed by atoms with Crippen molar-refractivity contribution >= 4 is 0 Å². The van der Waals surface area contributed by atoms with Gasteiger partial charge in [0.25, 0.3) is 0 Å². The van der Waals surface area contributed by atoms with E-state index in [4.69, 9.17) is 0 Å². The molecule has 2 nitrogen and oxygen atoms in total. The second-order valence-corrected chi connectivity index (χ2v) is 4.66. The summed E-state index contributed by atoms with van der Waals surface area (Å²) in [6.45, 7) is 5.36. The van der Waals surface area contributed by atoms with Crippen molar-refractivity contribution in [3.63, 3.8) is 0 Å². The number of nitrogens with zero attached hydrogens (tertiary/aromatic N) is 1. The van der Waals surface area contributed by atoms with Gasteiger partial charge in [0.1, 0.15) is 0 Å². The molecule has 1 unspecified atom stereocenters. The number of benzene rings is 1. The molecule has 0 heterocycles. The van der Waals surface area contributed by atoms with E-state index < -0.39 is 0 Å². The first-order valence-corrected chi connectivity index (χ1v) is 6.14. The zero-order chi connectivity index (χ0) is 12.7. The maximum absolute atomic E-state index is 9.18. The molecule has 1 aromatic rings. The van der Waals surface area contributed by atoms with Crippen LogP contribution in [0.2, 0.25) is 0 Å². The molecule has 17 heavy (non-hydrogen) atoms. The molecular weight excluding hydrogens is 210 g/mol. The van der Waals surface area contributed by atoms with Crippen LogP contribution >= 0.6 is 0 Å². The van der Waals surface area contributed by atoms with Gasteiger partial charge in [0.2, 0.25) is 0 Å². The fourth-order valence-electron chi connectivity index (χ4n) is 1.89. The highest BCUT2D eigenvalue weighted by atomic mass is 16.3. The van der Waals surface area contributed by atoms with Crippen LogP contribution in [-0.4, -0.2) is 30.2 Å². The molecule has 0 amide bonds. The molecule has 0 fully saturated rings. The molecule has 2 heteroatoms. The number of hydrogen-bond donors (Lipinski definition) is 1. The minimum atomic E-state index is 0.221. The lowest BCUT2D eigenvalue weighted by atomic mass is 10.0. The molecule has 1 N–H and O–H groups in total. The highest BCUT2D eigenvalue weighted by Gasteiger charge is 2.14. The average Bonchev–Trinajstić information content (AvgIpc) is 2.34. The summed E-state index contributed by atoms with van der Waals surface area (Å²) >= 11 is 0. The van der Waals surface area contributed by atoms with Gasteiger partial charge >= 0.3 is 0 Å². The maximum atomic E-state index is 9.18. The van der Waals surface area contributed by atoms with Gasteiger partial charge in [-0.3, -0.25) is 4.90 Å². The van der Waals surface area contributed by atoms with Crippen molar-refractivity contribution in [2.24, 2.45) is 0 Å². The van der Waals surface area contributed by atoms with E-state index in [0.29, 0.717) is 0 Å². The maximum Gasteiger partial charge on any atom is 0.0449 e. The van der Waals surface area contributed by atoms with E-state index in [0.717, 1.165) is 13.0 Å². The molecule has 94 valence electrons. The van der Waals surface area contributed by atoms with E-state index >= 15 is 0 Å². The lowest BCUT2D eigenvalue weighted by Crippen LogP contribution is -2.25. The average molecular weight is 233 g/mol. The molecule has 0 saturated carbocycles. The van der Waals surface area contributed by atoms with Crippen molar-refractivity contribution in [3.05, 3.63) is 47.5 Å². The Bertz CT molecular complexity index is 341. The number of allylic oxidation sites excluding steroid dienone is 1. The Balaban J connectivity index is 2.75. The molecule has 1 aromatic carbocycles. The largest absolute Gasteiger partial charge is 0.396 e. The number of aliphatic hydroxyl groups excluding tert-OH is 1. The van der Waals surface area contributed by atoms with Gasteiger partial charge in [-0.15, -0.1) is 0 Å². The van der Waals surface area contributed by atoms with E-state index in [1.165, 1.54) is 11.1 Å². The molecule has 0 aliphatic rings. The van der Waals surface area contributed by atoms with Crippen molar-refractivity contribution in [1.29, 1.82) is 0 Å². The van der Waals surface area contributed by atoms with Gasteiger partial charge in [0.15, 0.2) is 0 Å². The second kappa shape index (κ2) is 7.25. The molecular formula is C15H23NO. The number of likely N-dealkylation sites (N-methyl/N-ethyl adjacent to an activating group) is 1. The van der Waals surface area contributed by atoms with Crippen molar-refractivity contribution in [2.45, 2.75) is 26.3 Å². The Hall–Kier alpha value is -1.12. The van der Waals surface area contributed by atoms with Crippen molar-refractivity contribution in [3.8, 4) is 0 Å². The number of rotatable bonds is 6. The standard InChI is InChI=1S/C15H23NO/c1-13(2)9-11-16(3)15(10-12-17)14-7-5-4-6-8-14/h4-9,15,17H,10-12H2,1-3H3. The monoisotopic (exact) mass is 233 g/mol. The van der Waals surface area contributed by atoms with Crippen LogP contribution in [0.5, 0.6) is 0 Å². The predicted molar refractivity (Wildman–Crippen MR) is 72.9 cm³/mol. The summed E-state index contributed by atoms with van der Waals surface area (Å²) in [6.07, 6.45) is 2.99. The lowest BCUT2D eigenvalue weighted by molar-refractivity contribution is 0.198. The van der Waals surface area contributed by atoms with Crippen LogP contribution in [0.25, 0.3) is 0 Å². The second-order valence-electron chi connectivity index (χ2n) is 4.66. The van der Waals surface area contributed by atoms with Crippen LogP contribution in [0.3, 0.4) is 0 Å². The van der Waals surface area contributed by atoms with Gasteiger partial charge < -0.3 is 5.11 Å². The summed E-state index contributed by atoms with van der Waals surface area (Å²) in [4.78, 5) is 2.28. The summed E-state index contributed by atoms with van der Waals surface area (Å²) in [5, 5.41) is 9.18. The van der Waals surface area contributed by atoms with Gasteiger partial charge in [-0.1, -0.05) is 42.0 Å². The minimum absolute atomic E-state index is 0.221. The van der Waals surface area contributed by atoms with E-state index in [-0.39, 0.29) is 12.6 Å². The summed E-state index contributed by atoms with van der Waals surface area (Å²) in [7, 11) is 2.10. The predicted octanol–water partition coefficient (Wildman–Crippen LogP) is 3.01. The summed E-state index contributed by atoms with van der Waals surface area (Å²) in [6, 6.07) is 10.7. The molecule has 1 rings (SSSR count). The van der Waals surface area contributed by atoms with Gasteiger partial charge in [-0.05, 0) is 32.9 Å². The van der Waals surface area contributed by atoms with Crippen molar-refractivity contribution in [1.82, 2.24) is 4.90 Å². The Morgan fingerprint density at radius 2 is 1.94 bits per heavy atom. The zero-order valence-corrected chi connectivity index (χ0v) is 11.1. The topological polar surface area (TPSA) is 23.5 Å². The van der Waals surface area contributed by atoms with E-state index in [1.54, 1.807) is 0 Å². The first kappa shape index (κ1) is 13.9. The van der Waals surface area contributed by atoms with Gasteiger partial charge in [-0.25, -0.2) is 0 Å². The SMILES string of the molecule is CC(C)=CCN(C)C(CCO)c1ccccc1. The van der Waals surface area contributed by atoms with E-state index in [2.05, 4.69) is 56.1 Å². The third kappa shape index (κ3) is 4.72. The molecule has 0 radical (unpaired) electrons. The molecule has 0 aromatic heterocycles. The molecule has 0 aliphatic heterocycles. The molecule has 1 atom stereocenters. The fraction of sp³-hybridized carbons (Fsp3) is 0.467. The van der Waals surface area contributed by atoms with Gasteiger partial charge in [-0.2, -0.15) is 0 Å². The van der Waals surface area contributed by atoms with Crippen LogP contribution < -0.4 is 0 Å². The highest BCUT2D eigenvalue weighted by molar-refractivity contribution is 5.19. The lowest BCUT2D eigenvalue weighted by Gasteiger charge is -2.27. The Morgan fingerprint density at radius 3 is 2.47 bits per heavy atom. The Morgan fingerprint density at radius 1 is 1.29 bits per heavy atom. The van der Waals surface area contributed by atoms with E-state index in [1.807, 2.05) is 6.07 Å². The third-order valence-corrected chi connectivity index (χ3v) is 2.91. The van der Waals surface area contributed by atoms with Crippen LogP contribution in [0.15, 0.2) is 42.0 Å². The third-order valence-electron chi connectivity index (χ3n) is 2.91. The quantitative estimate of drug-likeness (QED) is 0.763. The van der Waals surface area contributed by atoms with E-state index in [9.17, 15) is 5.11 Å². The normalized spacial score (nSPS) is 12.5. The number of aliphatic hydroxyl groups is 1. The van der Waals surface area contributed by atoms with Crippen molar-refractivity contribution in [2.75, 3.05) is 20.2 Å². The highest BCUT2D eigenvalue weighted by Crippen LogP contribution is 2.22. The summed E-state index contributed by atoms with van der Waals surface area (Å²) in [5.41, 5.74) is 2.60. The smallest absolute Gasteiger partial charge is 0.0449 e. The molecule has 0 bridgehead atoms.